The maximum absolute atomic E-state index is 14.0. The van der Waals surface area contributed by atoms with E-state index in [1.54, 1.807) is 41.3 Å². The molecule has 226 valence electrons. The predicted molar refractivity (Wildman–Crippen MR) is 158 cm³/mol. The fourth-order valence-electron chi connectivity index (χ4n) is 4.95. The van der Waals surface area contributed by atoms with Gasteiger partial charge in [0.15, 0.2) is 0 Å². The number of carbonyl (C=O) groups is 4. The van der Waals surface area contributed by atoms with E-state index in [1.165, 1.54) is 33.5 Å². The Morgan fingerprint density at radius 1 is 0.884 bits per heavy atom. The number of hydrogen-bond donors (Lipinski definition) is 2. The first kappa shape index (κ1) is 30.9. The van der Waals surface area contributed by atoms with Crippen molar-refractivity contribution in [1.82, 2.24) is 10.2 Å². The van der Waals surface area contributed by atoms with Crippen molar-refractivity contribution in [3.63, 3.8) is 0 Å². The highest BCUT2D eigenvalue weighted by Crippen LogP contribution is 2.27. The van der Waals surface area contributed by atoms with Gasteiger partial charge in [0.05, 0.1) is 38.5 Å². The Morgan fingerprint density at radius 3 is 2.35 bits per heavy atom. The van der Waals surface area contributed by atoms with Gasteiger partial charge in [-0.15, -0.1) is 0 Å². The minimum absolute atomic E-state index is 0.00755. The number of likely N-dealkylation sites (tertiary alicyclic amines) is 1. The predicted octanol–water partition coefficient (Wildman–Crippen LogP) is 4.51. The Labute approximate surface area is 250 Å². The number of methoxy groups -OCH3 is 3. The summed E-state index contributed by atoms with van der Waals surface area (Å²) in [6.07, 6.45) is 1.42. The number of aryl methyl sites for hydroxylation is 1. The lowest BCUT2D eigenvalue weighted by Crippen LogP contribution is -2.47. The number of urea groups is 1. The standard InChI is InChI=1S/C32H35N3O8/c1-20-9-5-6-13-27(20)33-32(39)34-28(21-10-7-12-23(17-21)40-2)29(36)35-16-8-11-22(35)19-43-24-14-15-25(30(37)41-3)26(18-24)31(38)42-4/h5-7,9-10,12-15,17-18,22,28H,8,11,16,19H2,1-4H3,(H2,33,34,39)/t22-,28?/m0/s1. The van der Waals surface area contributed by atoms with Crippen LogP contribution in [0.1, 0.15) is 50.7 Å². The van der Waals surface area contributed by atoms with Gasteiger partial charge >= 0.3 is 18.0 Å². The Hall–Kier alpha value is -5.06. The van der Waals surface area contributed by atoms with E-state index in [1.807, 2.05) is 25.1 Å². The number of ether oxygens (including phenoxy) is 4. The van der Waals surface area contributed by atoms with E-state index in [-0.39, 0.29) is 29.7 Å². The number of esters is 2. The first-order chi connectivity index (χ1) is 20.7. The van der Waals surface area contributed by atoms with Crippen molar-refractivity contribution in [1.29, 1.82) is 0 Å². The van der Waals surface area contributed by atoms with E-state index in [0.717, 1.165) is 12.0 Å². The normalized spacial score (nSPS) is 14.8. The lowest BCUT2D eigenvalue weighted by atomic mass is 10.0. The molecule has 1 aliphatic rings. The number of nitrogens with one attached hydrogen (secondary N) is 2. The number of amides is 3. The van der Waals surface area contributed by atoms with Gasteiger partial charge in [0, 0.05) is 12.2 Å². The molecule has 11 nitrogen and oxygen atoms in total. The van der Waals surface area contributed by atoms with Crippen molar-refractivity contribution >= 4 is 29.6 Å². The molecule has 11 heteroatoms. The molecular formula is C32H35N3O8. The van der Waals surface area contributed by atoms with Crippen LogP contribution in [0, 0.1) is 6.92 Å². The van der Waals surface area contributed by atoms with Crippen LogP contribution < -0.4 is 20.1 Å². The Bertz CT molecular complexity index is 1490. The Kier molecular flexibility index (Phi) is 10.2. The van der Waals surface area contributed by atoms with Gasteiger partial charge in [-0.05, 0) is 67.3 Å². The number of benzene rings is 3. The van der Waals surface area contributed by atoms with E-state index < -0.39 is 24.0 Å². The van der Waals surface area contributed by atoms with Gasteiger partial charge in [0.2, 0.25) is 5.91 Å². The van der Waals surface area contributed by atoms with Crippen LogP contribution in [0.3, 0.4) is 0 Å². The third-order valence-corrected chi connectivity index (χ3v) is 7.25. The molecule has 3 amide bonds. The van der Waals surface area contributed by atoms with Gasteiger partial charge in [-0.1, -0.05) is 30.3 Å². The van der Waals surface area contributed by atoms with Crippen molar-refractivity contribution in [2.75, 3.05) is 39.8 Å². The van der Waals surface area contributed by atoms with Crippen LogP contribution in [0.15, 0.2) is 66.7 Å². The molecule has 1 unspecified atom stereocenters. The number of rotatable bonds is 10. The second kappa shape index (κ2) is 14.2. The third-order valence-electron chi connectivity index (χ3n) is 7.25. The molecule has 2 atom stereocenters. The number of para-hydroxylation sites is 1. The smallest absolute Gasteiger partial charge is 0.338 e. The van der Waals surface area contributed by atoms with E-state index >= 15 is 0 Å². The molecule has 1 fully saturated rings. The van der Waals surface area contributed by atoms with E-state index in [4.69, 9.17) is 18.9 Å². The average molecular weight is 590 g/mol. The molecule has 0 saturated carbocycles. The molecule has 0 aromatic heterocycles. The molecule has 43 heavy (non-hydrogen) atoms. The third kappa shape index (κ3) is 7.42. The van der Waals surface area contributed by atoms with Crippen molar-refractivity contribution in [3.8, 4) is 11.5 Å². The summed E-state index contributed by atoms with van der Waals surface area (Å²) in [6.45, 7) is 2.49. The highest BCUT2D eigenvalue weighted by Gasteiger charge is 2.35. The number of carbonyl (C=O) groups excluding carboxylic acids is 4. The summed E-state index contributed by atoms with van der Waals surface area (Å²) in [6, 6.07) is 16.9. The highest BCUT2D eigenvalue weighted by atomic mass is 16.5. The zero-order valence-corrected chi connectivity index (χ0v) is 24.5. The summed E-state index contributed by atoms with van der Waals surface area (Å²) in [7, 11) is 3.97. The highest BCUT2D eigenvalue weighted by molar-refractivity contribution is 6.03. The molecule has 1 heterocycles. The van der Waals surface area contributed by atoms with Crippen LogP contribution >= 0.6 is 0 Å². The summed E-state index contributed by atoms with van der Waals surface area (Å²) in [5, 5.41) is 5.68. The average Bonchev–Trinajstić information content (AvgIpc) is 3.51. The van der Waals surface area contributed by atoms with Crippen molar-refractivity contribution in [2.45, 2.75) is 31.8 Å². The fraction of sp³-hybridized carbons (Fsp3) is 0.312. The molecule has 1 aliphatic heterocycles. The Balaban J connectivity index is 1.53. The minimum Gasteiger partial charge on any atom is -0.497 e. The van der Waals surface area contributed by atoms with E-state index in [9.17, 15) is 19.2 Å². The molecule has 2 N–H and O–H groups in total. The van der Waals surface area contributed by atoms with Crippen LogP contribution in [0.5, 0.6) is 11.5 Å². The van der Waals surface area contributed by atoms with Crippen LogP contribution in [0.25, 0.3) is 0 Å². The lowest BCUT2D eigenvalue weighted by Gasteiger charge is -2.30. The summed E-state index contributed by atoms with van der Waals surface area (Å²) < 4.78 is 20.9. The molecule has 0 aliphatic carbocycles. The molecule has 3 aromatic carbocycles. The van der Waals surface area contributed by atoms with Crippen molar-refractivity contribution in [3.05, 3.63) is 89.0 Å². The largest absolute Gasteiger partial charge is 0.497 e. The number of hydrogen-bond acceptors (Lipinski definition) is 8. The molecule has 1 saturated heterocycles. The summed E-state index contributed by atoms with van der Waals surface area (Å²) in [4.78, 5) is 53.2. The van der Waals surface area contributed by atoms with Crippen molar-refractivity contribution in [2.24, 2.45) is 0 Å². The second-order valence-electron chi connectivity index (χ2n) is 9.95. The second-order valence-corrected chi connectivity index (χ2v) is 9.95. The molecular weight excluding hydrogens is 554 g/mol. The van der Waals surface area contributed by atoms with Gasteiger partial charge < -0.3 is 34.5 Å². The van der Waals surface area contributed by atoms with Crippen molar-refractivity contribution < 1.29 is 38.1 Å². The first-order valence-corrected chi connectivity index (χ1v) is 13.8. The monoisotopic (exact) mass is 589 g/mol. The maximum atomic E-state index is 14.0. The van der Waals surface area contributed by atoms with Gasteiger partial charge in [-0.25, -0.2) is 14.4 Å². The summed E-state index contributed by atoms with van der Waals surface area (Å²) in [5.74, 6) is -0.806. The molecule has 0 spiro atoms. The van der Waals surface area contributed by atoms with E-state index in [0.29, 0.717) is 35.7 Å². The van der Waals surface area contributed by atoms with Gasteiger partial charge in [0.25, 0.3) is 0 Å². The van der Waals surface area contributed by atoms with E-state index in [2.05, 4.69) is 10.6 Å². The maximum Gasteiger partial charge on any atom is 0.338 e. The summed E-state index contributed by atoms with van der Waals surface area (Å²) >= 11 is 0. The van der Waals surface area contributed by atoms with Gasteiger partial charge in [-0.3, -0.25) is 4.79 Å². The summed E-state index contributed by atoms with van der Waals surface area (Å²) in [5.41, 5.74) is 2.14. The fourth-order valence-corrected chi connectivity index (χ4v) is 4.95. The van der Waals surface area contributed by atoms with Gasteiger partial charge in [0.1, 0.15) is 24.1 Å². The van der Waals surface area contributed by atoms with Crippen LogP contribution in [0.4, 0.5) is 10.5 Å². The van der Waals surface area contributed by atoms with Crippen LogP contribution in [0.2, 0.25) is 0 Å². The van der Waals surface area contributed by atoms with Crippen LogP contribution in [-0.4, -0.2) is 69.3 Å². The lowest BCUT2D eigenvalue weighted by molar-refractivity contribution is -0.134. The Morgan fingerprint density at radius 2 is 1.63 bits per heavy atom. The number of nitrogens with zero attached hydrogens (tertiary/aromatic N) is 1. The minimum atomic E-state index is -0.995. The molecule has 0 radical (unpaired) electrons. The molecule has 0 bridgehead atoms. The number of anilines is 1. The zero-order chi connectivity index (χ0) is 30.9. The van der Waals surface area contributed by atoms with Crippen LogP contribution in [-0.2, 0) is 14.3 Å². The molecule has 4 rings (SSSR count). The first-order valence-electron chi connectivity index (χ1n) is 13.8. The van der Waals surface area contributed by atoms with Gasteiger partial charge in [-0.2, -0.15) is 0 Å². The zero-order valence-electron chi connectivity index (χ0n) is 24.5. The SMILES string of the molecule is COC(=O)c1ccc(OC[C@@H]2CCCN2C(=O)C(NC(=O)Nc2ccccc2C)c2cccc(OC)c2)cc1C(=O)OC. The molecule has 3 aromatic rings. The topological polar surface area (TPSA) is 132 Å². The quantitative estimate of drug-likeness (QED) is 0.330.